The average Bonchev–Trinajstić information content (AvgIpc) is 3.13. The number of aliphatic hydroxyl groups excluding tert-OH is 1. The Morgan fingerprint density at radius 2 is 2.03 bits per heavy atom. The predicted molar refractivity (Wildman–Crippen MR) is 142 cm³/mol. The molecule has 2 aromatic rings. The lowest BCUT2D eigenvalue weighted by atomic mass is 9.98. The van der Waals surface area contributed by atoms with Crippen molar-refractivity contribution in [2.45, 2.75) is 70.8 Å². The van der Waals surface area contributed by atoms with E-state index in [1.165, 1.54) is 4.68 Å². The monoisotopic (exact) mass is 529 g/mol. The van der Waals surface area contributed by atoms with Crippen LogP contribution < -0.4 is 5.73 Å². The smallest absolute Gasteiger partial charge is 0.402 e. The first-order chi connectivity index (χ1) is 18.0. The van der Waals surface area contributed by atoms with E-state index in [1.807, 2.05) is 37.3 Å². The third-order valence-corrected chi connectivity index (χ3v) is 6.39. The molecule has 1 aliphatic carbocycles. The number of nitrogens with zero attached hydrogens (tertiary/aromatic N) is 4. The molecular weight excluding hydrogens is 498 g/mol. The number of hydrogen-bond acceptors (Lipinski definition) is 5. The van der Waals surface area contributed by atoms with Crippen LogP contribution in [0.3, 0.4) is 0 Å². The summed E-state index contributed by atoms with van der Waals surface area (Å²) in [5.41, 5.74) is 8.29. The highest BCUT2D eigenvalue weighted by molar-refractivity contribution is 6.06. The summed E-state index contributed by atoms with van der Waals surface area (Å²) in [5, 5.41) is 13.8. The van der Waals surface area contributed by atoms with E-state index in [-0.39, 0.29) is 24.4 Å². The molecule has 0 amide bonds. The number of amidine groups is 1. The second-order valence-corrected chi connectivity index (χ2v) is 9.55. The molecule has 0 spiro atoms. The molecule has 10 heteroatoms. The van der Waals surface area contributed by atoms with Crippen LogP contribution in [0.4, 0.5) is 17.6 Å². The van der Waals surface area contributed by atoms with Gasteiger partial charge in [0.05, 0.1) is 6.10 Å². The highest BCUT2D eigenvalue weighted by atomic mass is 19.4. The van der Waals surface area contributed by atoms with E-state index in [0.717, 1.165) is 17.2 Å². The molecule has 3 N–H and O–H groups in total. The number of aromatic nitrogens is 2. The second-order valence-electron chi connectivity index (χ2n) is 9.55. The number of benzene rings is 1. The Balaban J connectivity index is 1.86. The number of alkyl halides is 4. The maximum absolute atomic E-state index is 14.1. The number of rotatable bonds is 5. The number of aliphatic imine (C=N–C) groups is 2. The first-order valence-corrected chi connectivity index (χ1v) is 12.6. The summed E-state index contributed by atoms with van der Waals surface area (Å²) in [6.07, 6.45) is 1.25. The van der Waals surface area contributed by atoms with Crippen molar-refractivity contribution in [1.29, 1.82) is 0 Å². The molecule has 0 bridgehead atoms. The Hall–Kier alpha value is -3.53. The van der Waals surface area contributed by atoms with Crippen LogP contribution in [0.1, 0.15) is 68.0 Å². The summed E-state index contributed by atoms with van der Waals surface area (Å²) in [7, 11) is 0. The zero-order chi connectivity index (χ0) is 27.4. The second kappa shape index (κ2) is 11.5. The molecule has 2 heterocycles. The Bertz CT molecular complexity index is 1330. The maximum atomic E-state index is 14.1. The third kappa shape index (κ3) is 6.66. The molecule has 1 aromatic heterocycles. The summed E-state index contributed by atoms with van der Waals surface area (Å²) in [4.78, 5) is 9.27. The van der Waals surface area contributed by atoms with E-state index >= 15 is 0 Å². The third-order valence-electron chi connectivity index (χ3n) is 6.39. The summed E-state index contributed by atoms with van der Waals surface area (Å²) < 4.78 is 55.8. The fraction of sp³-hybridized carbons (Fsp3) is 0.393. The molecule has 4 rings (SSSR count). The van der Waals surface area contributed by atoms with Crippen molar-refractivity contribution in [2.24, 2.45) is 15.7 Å². The molecule has 6 nitrogen and oxygen atoms in total. The lowest BCUT2D eigenvalue weighted by Gasteiger charge is -2.15. The summed E-state index contributed by atoms with van der Waals surface area (Å²) in [6, 6.07) is 8.50. The predicted octanol–water partition coefficient (Wildman–Crippen LogP) is 6.32. The average molecular weight is 530 g/mol. The van der Waals surface area contributed by atoms with Gasteiger partial charge >= 0.3 is 6.18 Å². The van der Waals surface area contributed by atoms with Gasteiger partial charge in [-0.2, -0.15) is 18.3 Å². The van der Waals surface area contributed by atoms with E-state index in [1.54, 1.807) is 19.1 Å². The summed E-state index contributed by atoms with van der Waals surface area (Å²) >= 11 is 0. The molecule has 0 saturated heterocycles. The number of halogens is 4. The Labute approximate surface area is 219 Å². The molecule has 2 atom stereocenters. The van der Waals surface area contributed by atoms with Gasteiger partial charge in [0.2, 0.25) is 0 Å². The van der Waals surface area contributed by atoms with Crippen LogP contribution in [0.25, 0.3) is 17.5 Å². The number of nitrogens with two attached hydrogens (primary N) is 1. The number of hydrogen-bond donors (Lipinski definition) is 2. The molecule has 2 unspecified atom stereocenters. The van der Waals surface area contributed by atoms with Gasteiger partial charge in [0.15, 0.2) is 11.5 Å². The lowest BCUT2D eigenvalue weighted by molar-refractivity contribution is -0.141. The van der Waals surface area contributed by atoms with Gasteiger partial charge in [-0.15, -0.1) is 0 Å². The van der Waals surface area contributed by atoms with Gasteiger partial charge < -0.3 is 10.8 Å². The molecule has 202 valence electrons. The van der Waals surface area contributed by atoms with Crippen molar-refractivity contribution in [3.63, 3.8) is 0 Å². The van der Waals surface area contributed by atoms with Crippen molar-refractivity contribution in [3.8, 4) is 0 Å². The standard InChI is InChI=1S/C28H31F4N5O/c1-3-23(38)11-10-18-6-4-7-19(13-18)24-8-5-9-26(34-22-15-20(29)14-21(33)16-22)35-27(24)37-17(2)12-25(36-37)28(30,31)32/h4,6-7,10-13,16,20,23,38H,3,5,8-9,14-15,33H2,1-2H3/b11-10+,34-22?. The van der Waals surface area contributed by atoms with Crippen molar-refractivity contribution < 1.29 is 22.7 Å². The Kier molecular flexibility index (Phi) is 8.30. The van der Waals surface area contributed by atoms with E-state index in [9.17, 15) is 22.7 Å². The largest absolute Gasteiger partial charge is 0.435 e. The van der Waals surface area contributed by atoms with Crippen LogP contribution in [0.5, 0.6) is 0 Å². The molecule has 38 heavy (non-hydrogen) atoms. The quantitative estimate of drug-likeness (QED) is 0.445. The zero-order valence-corrected chi connectivity index (χ0v) is 21.3. The van der Waals surface area contributed by atoms with Crippen LogP contribution >= 0.6 is 0 Å². The fourth-order valence-corrected chi connectivity index (χ4v) is 4.46. The van der Waals surface area contributed by atoms with Crippen LogP contribution in [0.15, 0.2) is 58.2 Å². The topological polar surface area (TPSA) is 88.8 Å². The highest BCUT2D eigenvalue weighted by Crippen LogP contribution is 2.35. The minimum Gasteiger partial charge on any atom is -0.402 e. The highest BCUT2D eigenvalue weighted by Gasteiger charge is 2.35. The molecule has 1 aromatic carbocycles. The van der Waals surface area contributed by atoms with E-state index in [2.05, 4.69) is 10.1 Å². The van der Waals surface area contributed by atoms with E-state index < -0.39 is 24.1 Å². The molecule has 0 radical (unpaired) electrons. The molecule has 0 fully saturated rings. The number of allylic oxidation sites excluding steroid dienone is 3. The van der Waals surface area contributed by atoms with Gasteiger partial charge in [0.1, 0.15) is 12.0 Å². The summed E-state index contributed by atoms with van der Waals surface area (Å²) in [6.45, 7) is 3.42. The number of aliphatic hydroxyl groups is 1. The molecule has 2 aliphatic rings. The SMILES string of the molecule is CCC(O)/C=C/c1cccc(C2=C(n3nc(C(F)(F)F)cc3C)N=C(N=C3C=C(N)CC(F)C3)CCC2)c1. The molecular formula is C28H31F4N5O. The lowest BCUT2D eigenvalue weighted by Crippen LogP contribution is -2.19. The van der Waals surface area contributed by atoms with Crippen LogP contribution in [0.2, 0.25) is 0 Å². The zero-order valence-electron chi connectivity index (χ0n) is 21.3. The van der Waals surface area contributed by atoms with Crippen molar-refractivity contribution in [1.82, 2.24) is 9.78 Å². The van der Waals surface area contributed by atoms with Crippen molar-refractivity contribution >= 4 is 29.0 Å². The van der Waals surface area contributed by atoms with Crippen molar-refractivity contribution in [2.75, 3.05) is 0 Å². The van der Waals surface area contributed by atoms with Gasteiger partial charge in [-0.25, -0.2) is 19.1 Å². The van der Waals surface area contributed by atoms with Gasteiger partial charge in [-0.3, -0.25) is 0 Å². The van der Waals surface area contributed by atoms with Crippen LogP contribution in [0, 0.1) is 6.92 Å². The van der Waals surface area contributed by atoms with Crippen molar-refractivity contribution in [3.05, 3.63) is 70.7 Å². The minimum atomic E-state index is -4.61. The fourth-order valence-electron chi connectivity index (χ4n) is 4.46. The maximum Gasteiger partial charge on any atom is 0.435 e. The Morgan fingerprint density at radius 1 is 1.24 bits per heavy atom. The van der Waals surface area contributed by atoms with Gasteiger partial charge in [0.25, 0.3) is 0 Å². The first kappa shape index (κ1) is 27.5. The van der Waals surface area contributed by atoms with E-state index in [4.69, 9.17) is 10.7 Å². The van der Waals surface area contributed by atoms with Crippen LogP contribution in [-0.2, 0) is 6.18 Å². The van der Waals surface area contributed by atoms with Gasteiger partial charge in [-0.1, -0.05) is 37.3 Å². The minimum absolute atomic E-state index is 0.0998. The first-order valence-electron chi connectivity index (χ1n) is 12.6. The normalized spacial score (nSPS) is 21.0. The van der Waals surface area contributed by atoms with Gasteiger partial charge in [-0.05, 0) is 55.5 Å². The molecule has 1 aliphatic heterocycles. The molecule has 0 saturated carbocycles. The van der Waals surface area contributed by atoms with E-state index in [0.29, 0.717) is 48.5 Å². The van der Waals surface area contributed by atoms with Crippen LogP contribution in [-0.4, -0.2) is 38.7 Å². The summed E-state index contributed by atoms with van der Waals surface area (Å²) in [5.74, 6) is 0.628. The Morgan fingerprint density at radius 3 is 2.71 bits per heavy atom. The van der Waals surface area contributed by atoms with Gasteiger partial charge in [0, 0.05) is 41.9 Å². The number of aryl methyl sites for hydroxylation is 1.